The molecule has 0 fully saturated rings. The molecule has 4 heteroatoms. The summed E-state index contributed by atoms with van der Waals surface area (Å²) in [4.78, 5) is 13.4. The van der Waals surface area contributed by atoms with E-state index in [1.807, 2.05) is 0 Å². The molecule has 0 unspecified atom stereocenters. The normalized spacial score (nSPS) is 9.44. The highest BCUT2D eigenvalue weighted by Crippen LogP contribution is 1.72. The molecular weight excluding hydrogens is 136 g/mol. The van der Waals surface area contributed by atoms with E-state index in [2.05, 4.69) is 17.2 Å². The Hall–Kier alpha value is -0.900. The van der Waals surface area contributed by atoms with E-state index in [-0.39, 0.29) is 10.2 Å². The first-order chi connectivity index (χ1) is 4.22. The average Bonchev–Trinajstić information content (AvgIpc) is 1.83. The van der Waals surface area contributed by atoms with Crippen molar-refractivity contribution >= 4 is 12.2 Å². The fraction of sp³-hybridized carbons (Fsp3) is 0.200. The van der Waals surface area contributed by atoms with E-state index in [4.69, 9.17) is 0 Å². The van der Waals surface area contributed by atoms with Crippen LogP contribution >= 0.6 is 12.2 Å². The van der Waals surface area contributed by atoms with Crippen molar-refractivity contribution in [3.63, 3.8) is 0 Å². The molecule has 0 saturated carbocycles. The Bertz CT molecular complexity index is 311. The van der Waals surface area contributed by atoms with Crippen LogP contribution in [0.3, 0.4) is 0 Å². The molecule has 0 aliphatic carbocycles. The Morgan fingerprint density at radius 2 is 2.44 bits per heavy atom. The van der Waals surface area contributed by atoms with Crippen LogP contribution in [0.4, 0.5) is 0 Å². The number of aromatic nitrogens is 2. The first-order valence-electron chi connectivity index (χ1n) is 2.46. The highest BCUT2D eigenvalue weighted by molar-refractivity contribution is 7.71. The van der Waals surface area contributed by atoms with Crippen molar-refractivity contribution < 1.29 is 0 Å². The van der Waals surface area contributed by atoms with Gasteiger partial charge in [0.2, 0.25) is 0 Å². The molecule has 1 heterocycles. The number of nitrogens with one attached hydrogen (secondary N) is 1. The van der Waals surface area contributed by atoms with E-state index >= 15 is 0 Å². The minimum atomic E-state index is -0.160. The van der Waals surface area contributed by atoms with Gasteiger partial charge in [-0.1, -0.05) is 12.2 Å². The molecule has 1 rings (SSSR count). The zero-order valence-electron chi connectivity index (χ0n) is 4.92. The third kappa shape index (κ3) is 1.08. The Morgan fingerprint density at radius 3 is 2.89 bits per heavy atom. The van der Waals surface area contributed by atoms with Crippen LogP contribution in [0.2, 0.25) is 0 Å². The van der Waals surface area contributed by atoms with Crippen molar-refractivity contribution in [2.75, 3.05) is 0 Å². The number of hydrogen-bond acceptors (Lipinski definition) is 2. The Morgan fingerprint density at radius 1 is 1.78 bits per heavy atom. The van der Waals surface area contributed by atoms with Crippen molar-refractivity contribution in [2.45, 2.75) is 0 Å². The molecule has 1 N–H and O–H groups in total. The average molecular weight is 142 g/mol. The molecule has 0 aromatic carbocycles. The van der Waals surface area contributed by atoms with Crippen molar-refractivity contribution in [3.8, 4) is 0 Å². The van der Waals surface area contributed by atoms with Gasteiger partial charge in [0, 0.05) is 19.4 Å². The molecule has 3 nitrogen and oxygen atoms in total. The van der Waals surface area contributed by atoms with Gasteiger partial charge in [0.1, 0.15) is 0 Å². The fourth-order valence-electron chi connectivity index (χ4n) is 0.514. The maximum atomic E-state index is 10.8. The van der Waals surface area contributed by atoms with Crippen molar-refractivity contribution in [1.29, 1.82) is 0 Å². The van der Waals surface area contributed by atoms with Gasteiger partial charge < -0.3 is 9.55 Å². The van der Waals surface area contributed by atoms with Crippen LogP contribution in [-0.4, -0.2) is 9.55 Å². The lowest BCUT2D eigenvalue weighted by Gasteiger charge is -1.90. The number of aromatic amines is 1. The summed E-state index contributed by atoms with van der Waals surface area (Å²) in [5.41, 5.74) is -0.160. The lowest BCUT2D eigenvalue weighted by Crippen LogP contribution is -2.16. The molecule has 1 aromatic rings. The minimum Gasteiger partial charge on any atom is -0.347 e. The molecule has 0 amide bonds. The van der Waals surface area contributed by atoms with Gasteiger partial charge in [-0.15, -0.1) is 0 Å². The molecule has 0 atom stereocenters. The summed E-state index contributed by atoms with van der Waals surface area (Å²) in [6.45, 7) is 0. The predicted molar refractivity (Wildman–Crippen MR) is 36.9 cm³/mol. The number of aryl methyl sites for hydroxylation is 1. The third-order valence-corrected chi connectivity index (χ3v) is 1.32. The Labute approximate surface area is 57.0 Å². The van der Waals surface area contributed by atoms with Gasteiger partial charge in [-0.2, -0.15) is 0 Å². The van der Waals surface area contributed by atoms with Crippen molar-refractivity contribution in [2.24, 2.45) is 7.05 Å². The zero-order chi connectivity index (χ0) is 6.85. The fourth-order valence-corrected chi connectivity index (χ4v) is 0.726. The highest BCUT2D eigenvalue weighted by atomic mass is 32.1. The van der Waals surface area contributed by atoms with E-state index in [1.54, 1.807) is 19.4 Å². The molecule has 9 heavy (non-hydrogen) atoms. The van der Waals surface area contributed by atoms with Crippen LogP contribution in [0.1, 0.15) is 0 Å². The summed E-state index contributed by atoms with van der Waals surface area (Å²) in [5.74, 6) is 0. The van der Waals surface area contributed by atoms with Crippen molar-refractivity contribution in [1.82, 2.24) is 9.55 Å². The van der Waals surface area contributed by atoms with Crippen LogP contribution in [0.5, 0.6) is 0 Å². The number of nitrogens with zero attached hydrogens (tertiary/aromatic N) is 1. The lowest BCUT2D eigenvalue weighted by atomic mass is 10.7. The molecular formula is C5H6N2OS. The summed E-state index contributed by atoms with van der Waals surface area (Å²) >= 11 is 4.65. The smallest absolute Gasteiger partial charge is 0.285 e. The molecule has 1 aromatic heterocycles. The van der Waals surface area contributed by atoms with E-state index in [1.165, 1.54) is 4.57 Å². The zero-order valence-corrected chi connectivity index (χ0v) is 5.73. The lowest BCUT2D eigenvalue weighted by molar-refractivity contribution is 0.834. The third-order valence-electron chi connectivity index (χ3n) is 1.03. The Balaban J connectivity index is 3.63. The predicted octanol–water partition coefficient (Wildman–Crippen LogP) is 0.443. The van der Waals surface area contributed by atoms with Gasteiger partial charge in [-0.3, -0.25) is 4.79 Å². The SMILES string of the molecule is Cn1cc[nH]c(=S)c1=O. The van der Waals surface area contributed by atoms with Gasteiger partial charge in [0.25, 0.3) is 5.56 Å². The maximum absolute atomic E-state index is 10.8. The molecule has 0 bridgehead atoms. The van der Waals surface area contributed by atoms with Crippen molar-refractivity contribution in [3.05, 3.63) is 27.4 Å². The highest BCUT2D eigenvalue weighted by Gasteiger charge is 1.86. The molecule has 0 spiro atoms. The van der Waals surface area contributed by atoms with E-state index in [9.17, 15) is 4.79 Å². The summed E-state index contributed by atoms with van der Waals surface area (Å²) in [5, 5.41) is 0. The van der Waals surface area contributed by atoms with Crippen LogP contribution in [0.15, 0.2) is 17.2 Å². The number of H-pyrrole nitrogens is 1. The maximum Gasteiger partial charge on any atom is 0.285 e. The van der Waals surface area contributed by atoms with Gasteiger partial charge in [0.15, 0.2) is 4.64 Å². The number of rotatable bonds is 0. The molecule has 0 radical (unpaired) electrons. The minimum absolute atomic E-state index is 0.160. The van der Waals surface area contributed by atoms with Gasteiger partial charge in [-0.05, 0) is 0 Å². The molecule has 48 valence electrons. The van der Waals surface area contributed by atoms with E-state index in [0.29, 0.717) is 0 Å². The van der Waals surface area contributed by atoms with E-state index < -0.39 is 0 Å². The largest absolute Gasteiger partial charge is 0.347 e. The molecule has 0 saturated heterocycles. The monoisotopic (exact) mass is 142 g/mol. The second-order valence-electron chi connectivity index (χ2n) is 1.71. The summed E-state index contributed by atoms with van der Waals surface area (Å²) in [7, 11) is 1.66. The summed E-state index contributed by atoms with van der Waals surface area (Å²) < 4.78 is 1.68. The first kappa shape index (κ1) is 6.22. The second kappa shape index (κ2) is 2.14. The van der Waals surface area contributed by atoms with Gasteiger partial charge in [0.05, 0.1) is 0 Å². The van der Waals surface area contributed by atoms with Crippen LogP contribution in [0.25, 0.3) is 0 Å². The standard InChI is InChI=1S/C5H6N2OS/c1-7-3-2-6-4(9)5(7)8/h2-3H,1H3,(H,6,9). The van der Waals surface area contributed by atoms with Gasteiger partial charge >= 0.3 is 0 Å². The Kier molecular flexibility index (Phi) is 1.48. The van der Waals surface area contributed by atoms with Crippen LogP contribution < -0.4 is 5.56 Å². The van der Waals surface area contributed by atoms with E-state index in [0.717, 1.165) is 0 Å². The number of hydrogen-bond donors (Lipinski definition) is 1. The summed E-state index contributed by atoms with van der Waals surface area (Å²) in [6, 6.07) is 0. The molecule has 0 aliphatic heterocycles. The molecule has 0 aliphatic rings. The second-order valence-corrected chi connectivity index (χ2v) is 2.11. The quantitative estimate of drug-likeness (QED) is 0.534. The topological polar surface area (TPSA) is 37.8 Å². The first-order valence-corrected chi connectivity index (χ1v) is 2.87. The van der Waals surface area contributed by atoms with Gasteiger partial charge in [-0.25, -0.2) is 0 Å². The summed E-state index contributed by atoms with van der Waals surface area (Å²) in [6.07, 6.45) is 3.25. The van der Waals surface area contributed by atoms with Crippen LogP contribution in [0, 0.1) is 4.64 Å². The van der Waals surface area contributed by atoms with Crippen LogP contribution in [-0.2, 0) is 7.05 Å².